The zero-order valence-corrected chi connectivity index (χ0v) is 16.9. The monoisotopic (exact) mass is 436 g/mol. The number of aromatic nitrogens is 2. The van der Waals surface area contributed by atoms with E-state index >= 15 is 0 Å². The van der Waals surface area contributed by atoms with Crippen molar-refractivity contribution in [1.82, 2.24) is 9.78 Å². The van der Waals surface area contributed by atoms with E-state index in [4.69, 9.17) is 9.15 Å². The summed E-state index contributed by atoms with van der Waals surface area (Å²) in [4.78, 5) is 24.4. The summed E-state index contributed by atoms with van der Waals surface area (Å²) in [5.74, 6) is -3.39. The molecule has 30 heavy (non-hydrogen) atoms. The SMILES string of the molecule is COC(=O)C[C@H](c1oc(CSc2ccc(F)cc2F)cc(=O)c1O)c1ccnn1C. The quantitative estimate of drug-likeness (QED) is 0.448. The third-order valence-electron chi connectivity index (χ3n) is 4.39. The number of nitrogens with zero attached hydrogens (tertiary/aromatic N) is 2. The van der Waals surface area contributed by atoms with Gasteiger partial charge >= 0.3 is 5.97 Å². The van der Waals surface area contributed by atoms with Crippen molar-refractivity contribution in [2.45, 2.75) is 23.0 Å². The van der Waals surface area contributed by atoms with Crippen molar-refractivity contribution in [2.75, 3.05) is 7.11 Å². The zero-order chi connectivity index (χ0) is 21.8. The second kappa shape index (κ2) is 9.12. The summed E-state index contributed by atoms with van der Waals surface area (Å²) in [5, 5.41) is 14.4. The van der Waals surface area contributed by atoms with Gasteiger partial charge in [0.1, 0.15) is 17.4 Å². The van der Waals surface area contributed by atoms with E-state index in [1.165, 1.54) is 24.1 Å². The molecule has 3 rings (SSSR count). The number of ether oxygens (including phenoxy) is 1. The summed E-state index contributed by atoms with van der Waals surface area (Å²) in [5.41, 5.74) is -0.184. The summed E-state index contributed by atoms with van der Waals surface area (Å²) in [6.45, 7) is 0. The van der Waals surface area contributed by atoms with Crippen LogP contribution in [0.15, 0.2) is 50.6 Å². The highest BCUT2D eigenvalue weighted by molar-refractivity contribution is 7.98. The lowest BCUT2D eigenvalue weighted by atomic mass is 9.97. The number of rotatable bonds is 7. The molecule has 0 unspecified atom stereocenters. The van der Waals surface area contributed by atoms with Crippen LogP contribution in [0.25, 0.3) is 0 Å². The minimum atomic E-state index is -0.829. The Balaban J connectivity index is 1.96. The molecule has 0 radical (unpaired) electrons. The molecule has 0 spiro atoms. The molecule has 0 amide bonds. The number of hydrogen-bond donors (Lipinski definition) is 1. The molecule has 2 aromatic heterocycles. The summed E-state index contributed by atoms with van der Waals surface area (Å²) >= 11 is 0.998. The molecule has 0 aliphatic rings. The van der Waals surface area contributed by atoms with Crippen LogP contribution >= 0.6 is 11.8 Å². The minimum absolute atomic E-state index is 0.0431. The number of esters is 1. The summed E-state index contributed by atoms with van der Waals surface area (Å²) in [6.07, 6.45) is 1.31. The average molecular weight is 436 g/mol. The van der Waals surface area contributed by atoms with Crippen LogP contribution in [0, 0.1) is 11.6 Å². The number of carbonyl (C=O) groups excluding carboxylic acids is 1. The average Bonchev–Trinajstić information content (AvgIpc) is 3.13. The molecule has 0 aliphatic heterocycles. The molecule has 2 heterocycles. The van der Waals surface area contributed by atoms with Gasteiger partial charge in [-0.2, -0.15) is 5.10 Å². The minimum Gasteiger partial charge on any atom is -0.502 e. The number of hydrogen-bond acceptors (Lipinski definition) is 7. The maximum absolute atomic E-state index is 13.9. The number of methoxy groups -OCH3 is 1. The number of aromatic hydroxyl groups is 1. The van der Waals surface area contributed by atoms with Crippen molar-refractivity contribution >= 4 is 17.7 Å². The van der Waals surface area contributed by atoms with Crippen LogP contribution in [-0.2, 0) is 22.3 Å². The molecule has 10 heteroatoms. The molecule has 0 fully saturated rings. The first-order chi connectivity index (χ1) is 14.3. The van der Waals surface area contributed by atoms with Crippen LogP contribution in [0.3, 0.4) is 0 Å². The Morgan fingerprint density at radius 2 is 2.10 bits per heavy atom. The van der Waals surface area contributed by atoms with Gasteiger partial charge in [-0.25, -0.2) is 8.78 Å². The van der Waals surface area contributed by atoms with Crippen LogP contribution in [0.1, 0.15) is 29.6 Å². The predicted octanol–water partition coefficient (Wildman–Crippen LogP) is 3.34. The predicted molar refractivity (Wildman–Crippen MR) is 104 cm³/mol. The molecular formula is C20H18F2N2O5S. The molecular weight excluding hydrogens is 418 g/mol. The highest BCUT2D eigenvalue weighted by Gasteiger charge is 2.28. The first kappa shape index (κ1) is 21.6. The third-order valence-corrected chi connectivity index (χ3v) is 5.47. The molecule has 3 aromatic rings. The van der Waals surface area contributed by atoms with E-state index in [0.717, 1.165) is 30.0 Å². The Labute approximate surface area is 174 Å². The normalized spacial score (nSPS) is 12.0. The highest BCUT2D eigenvalue weighted by atomic mass is 32.2. The third kappa shape index (κ3) is 4.70. The Bertz CT molecular complexity index is 1130. The topological polar surface area (TPSA) is 94.6 Å². The van der Waals surface area contributed by atoms with E-state index in [1.54, 1.807) is 13.1 Å². The molecule has 0 bridgehead atoms. The Morgan fingerprint density at radius 1 is 1.33 bits per heavy atom. The van der Waals surface area contributed by atoms with Gasteiger partial charge in [-0.15, -0.1) is 11.8 Å². The summed E-state index contributed by atoms with van der Waals surface area (Å²) in [6, 6.07) is 5.88. The van der Waals surface area contributed by atoms with Gasteiger partial charge in [0.25, 0.3) is 0 Å². The van der Waals surface area contributed by atoms with Crippen LogP contribution in [0.2, 0.25) is 0 Å². The van der Waals surface area contributed by atoms with Crippen molar-refractivity contribution < 1.29 is 27.8 Å². The smallest absolute Gasteiger partial charge is 0.306 e. The second-order valence-corrected chi connectivity index (χ2v) is 7.38. The van der Waals surface area contributed by atoms with Gasteiger partial charge in [0.05, 0.1) is 25.2 Å². The van der Waals surface area contributed by atoms with Gasteiger partial charge in [0.15, 0.2) is 5.76 Å². The number of carbonyl (C=O) groups is 1. The molecule has 0 saturated heterocycles. The largest absolute Gasteiger partial charge is 0.502 e. The maximum atomic E-state index is 13.9. The molecule has 0 aliphatic carbocycles. The van der Waals surface area contributed by atoms with Crippen LogP contribution in [-0.4, -0.2) is 28.0 Å². The van der Waals surface area contributed by atoms with E-state index in [9.17, 15) is 23.5 Å². The maximum Gasteiger partial charge on any atom is 0.306 e. The van der Waals surface area contributed by atoms with E-state index in [1.807, 2.05) is 0 Å². The van der Waals surface area contributed by atoms with Gasteiger partial charge in [-0.05, 0) is 18.2 Å². The molecule has 1 atom stereocenters. The summed E-state index contributed by atoms with van der Waals surface area (Å²) in [7, 11) is 2.87. The second-order valence-electron chi connectivity index (χ2n) is 6.37. The van der Waals surface area contributed by atoms with Gasteiger partial charge in [-0.1, -0.05) is 0 Å². The van der Waals surface area contributed by atoms with Crippen molar-refractivity contribution in [2.24, 2.45) is 7.05 Å². The van der Waals surface area contributed by atoms with E-state index in [2.05, 4.69) is 5.10 Å². The lowest BCUT2D eigenvalue weighted by molar-refractivity contribution is -0.141. The molecule has 7 nitrogen and oxygen atoms in total. The van der Waals surface area contributed by atoms with Gasteiger partial charge in [0.2, 0.25) is 11.2 Å². The molecule has 1 aromatic carbocycles. The van der Waals surface area contributed by atoms with Crippen LogP contribution in [0.5, 0.6) is 5.75 Å². The van der Waals surface area contributed by atoms with Crippen molar-refractivity contribution in [1.29, 1.82) is 0 Å². The molecule has 158 valence electrons. The van der Waals surface area contributed by atoms with Gasteiger partial charge in [0, 0.05) is 36.0 Å². The lowest BCUT2D eigenvalue weighted by Crippen LogP contribution is -2.16. The summed E-state index contributed by atoms with van der Waals surface area (Å²) < 4.78 is 38.9. The van der Waals surface area contributed by atoms with Crippen molar-refractivity contribution in [3.8, 4) is 5.75 Å². The Morgan fingerprint density at radius 3 is 2.73 bits per heavy atom. The first-order valence-corrected chi connectivity index (χ1v) is 9.77. The fourth-order valence-electron chi connectivity index (χ4n) is 2.91. The highest BCUT2D eigenvalue weighted by Crippen LogP contribution is 2.34. The lowest BCUT2D eigenvalue weighted by Gasteiger charge is -2.17. The number of aryl methyl sites for hydroxylation is 1. The van der Waals surface area contributed by atoms with E-state index in [-0.39, 0.29) is 28.6 Å². The van der Waals surface area contributed by atoms with E-state index < -0.39 is 34.7 Å². The molecule has 1 N–H and O–H groups in total. The fraction of sp³-hybridized carbons (Fsp3) is 0.250. The van der Waals surface area contributed by atoms with Crippen LogP contribution < -0.4 is 5.43 Å². The number of thioether (sulfide) groups is 1. The van der Waals surface area contributed by atoms with Gasteiger partial charge < -0.3 is 14.3 Å². The zero-order valence-electron chi connectivity index (χ0n) is 16.1. The fourth-order valence-corrected chi connectivity index (χ4v) is 3.71. The number of benzene rings is 1. The Hall–Kier alpha value is -3.14. The number of halogens is 2. The van der Waals surface area contributed by atoms with E-state index in [0.29, 0.717) is 5.69 Å². The first-order valence-electron chi connectivity index (χ1n) is 8.78. The van der Waals surface area contributed by atoms with Crippen molar-refractivity contribution in [3.63, 3.8) is 0 Å². The van der Waals surface area contributed by atoms with Gasteiger partial charge in [-0.3, -0.25) is 14.3 Å². The van der Waals surface area contributed by atoms with Crippen molar-refractivity contribution in [3.05, 3.63) is 75.6 Å². The Kier molecular flexibility index (Phi) is 6.56. The van der Waals surface area contributed by atoms with Crippen LogP contribution in [0.4, 0.5) is 8.78 Å². The molecule has 0 saturated carbocycles. The standard InChI is InChI=1S/C20H18F2N2O5S/c1-24-15(5-6-23-24)13(9-18(26)28-2)20-19(27)16(25)8-12(29-20)10-30-17-4-3-11(21)7-14(17)22/h3-8,13,27H,9-10H2,1-2H3/t13-/m0/s1.